The Bertz CT molecular complexity index is 1480. The second-order valence-corrected chi connectivity index (χ2v) is 9.48. The second kappa shape index (κ2) is 10.4. The molecule has 0 amide bonds. The summed E-state index contributed by atoms with van der Waals surface area (Å²) in [6.07, 6.45) is 4.99. The average Bonchev–Trinajstić information content (AvgIpc) is 3.30. The minimum atomic E-state index is -0.0950. The number of benzene rings is 2. The Morgan fingerprint density at radius 1 is 0.944 bits per heavy atom. The van der Waals surface area contributed by atoms with Gasteiger partial charge in [-0.15, -0.1) is 11.3 Å². The zero-order chi connectivity index (χ0) is 25.1. The fourth-order valence-electron chi connectivity index (χ4n) is 4.41. The molecule has 0 spiro atoms. The monoisotopic (exact) mass is 506 g/mol. The zero-order valence-corrected chi connectivity index (χ0v) is 20.9. The maximum absolute atomic E-state index is 12.9. The van der Waals surface area contributed by atoms with Crippen LogP contribution in [-0.4, -0.2) is 43.7 Å². The van der Waals surface area contributed by atoms with Crippen LogP contribution in [0.25, 0.3) is 21.6 Å². The molecule has 1 aliphatic rings. The van der Waals surface area contributed by atoms with Crippen molar-refractivity contribution in [1.82, 2.24) is 9.97 Å². The van der Waals surface area contributed by atoms with E-state index in [4.69, 9.17) is 23.9 Å². The molecule has 0 radical (unpaired) electrons. The van der Waals surface area contributed by atoms with E-state index in [1.807, 2.05) is 6.07 Å². The number of fused-ring (bicyclic) bond motifs is 3. The molecule has 0 fully saturated rings. The molecule has 0 bridgehead atoms. The number of aromatic amines is 1. The van der Waals surface area contributed by atoms with Crippen LogP contribution >= 0.6 is 11.3 Å². The predicted octanol–water partition coefficient (Wildman–Crippen LogP) is 4.82. The Labute approximate surface area is 211 Å². The molecule has 9 heteroatoms. The Hall–Kier alpha value is -3.85. The first-order chi connectivity index (χ1) is 17.6. The van der Waals surface area contributed by atoms with Crippen molar-refractivity contribution in [2.75, 3.05) is 27.4 Å². The molecule has 0 aliphatic heterocycles. The molecule has 36 heavy (non-hydrogen) atoms. The summed E-state index contributed by atoms with van der Waals surface area (Å²) in [4.78, 5) is 33.7. The predicted molar refractivity (Wildman–Crippen MR) is 138 cm³/mol. The van der Waals surface area contributed by atoms with Crippen LogP contribution < -0.4 is 24.5 Å². The second-order valence-electron chi connectivity index (χ2n) is 8.40. The van der Waals surface area contributed by atoms with Gasteiger partial charge in [0, 0.05) is 16.0 Å². The Morgan fingerprint density at radius 2 is 1.64 bits per heavy atom. The Kier molecular flexibility index (Phi) is 6.90. The topological polar surface area (TPSA) is 99.7 Å². The van der Waals surface area contributed by atoms with Crippen molar-refractivity contribution in [2.24, 2.45) is 0 Å². The largest absolute Gasteiger partial charge is 0.493 e. The van der Waals surface area contributed by atoms with Crippen molar-refractivity contribution in [1.29, 1.82) is 0 Å². The number of aryl methyl sites for hydroxylation is 2. The summed E-state index contributed by atoms with van der Waals surface area (Å²) >= 11 is 1.63. The van der Waals surface area contributed by atoms with Gasteiger partial charge in [-0.05, 0) is 67.6 Å². The summed E-state index contributed by atoms with van der Waals surface area (Å²) in [6, 6.07) is 10.4. The van der Waals surface area contributed by atoms with E-state index >= 15 is 0 Å². The number of nitrogens with zero attached hydrogens (tertiary/aromatic N) is 1. The summed E-state index contributed by atoms with van der Waals surface area (Å²) in [7, 11) is 3.08. The molecule has 4 aromatic rings. The standard InChI is InChI=1S/C27H26N2O6S/c1-32-21-13-16(15-30)7-9-19(21)34-11-12-35-20-10-8-17(14-22(20)33-2)25-28-26(31)24-18-5-3-4-6-23(18)36-27(24)29-25/h7-10,13-15H,3-6,11-12H2,1-2H3,(H,28,29,31). The number of methoxy groups -OCH3 is 2. The lowest BCUT2D eigenvalue weighted by Gasteiger charge is -2.14. The number of carbonyl (C=O) groups is 1. The Balaban J connectivity index is 1.30. The van der Waals surface area contributed by atoms with Gasteiger partial charge in [0.15, 0.2) is 23.0 Å². The number of H-pyrrole nitrogens is 1. The van der Waals surface area contributed by atoms with Gasteiger partial charge in [-0.1, -0.05) is 0 Å². The van der Waals surface area contributed by atoms with Crippen LogP contribution in [0.4, 0.5) is 0 Å². The smallest absolute Gasteiger partial charge is 0.260 e. The molecule has 0 saturated heterocycles. The van der Waals surface area contributed by atoms with Crippen LogP contribution in [0.1, 0.15) is 33.6 Å². The highest BCUT2D eigenvalue weighted by Gasteiger charge is 2.20. The van der Waals surface area contributed by atoms with Gasteiger partial charge in [-0.3, -0.25) is 9.59 Å². The van der Waals surface area contributed by atoms with Crippen LogP contribution in [0.3, 0.4) is 0 Å². The van der Waals surface area contributed by atoms with Crippen molar-refractivity contribution < 1.29 is 23.7 Å². The Morgan fingerprint density at radius 3 is 2.36 bits per heavy atom. The molecule has 0 atom stereocenters. The molecule has 0 saturated carbocycles. The lowest BCUT2D eigenvalue weighted by molar-refractivity contribution is 0.112. The fraction of sp³-hybridized carbons (Fsp3) is 0.296. The quantitative estimate of drug-likeness (QED) is 0.257. The summed E-state index contributed by atoms with van der Waals surface area (Å²) in [5, 5.41) is 0.739. The van der Waals surface area contributed by atoms with Crippen LogP contribution in [0.2, 0.25) is 0 Å². The minimum Gasteiger partial charge on any atom is -0.493 e. The van der Waals surface area contributed by atoms with E-state index in [1.54, 1.807) is 48.8 Å². The summed E-state index contributed by atoms with van der Waals surface area (Å²) in [6.45, 7) is 0.520. The fourth-order valence-corrected chi connectivity index (χ4v) is 5.68. The van der Waals surface area contributed by atoms with Gasteiger partial charge >= 0.3 is 0 Å². The van der Waals surface area contributed by atoms with Gasteiger partial charge in [0.2, 0.25) is 0 Å². The number of ether oxygens (including phenoxy) is 4. The van der Waals surface area contributed by atoms with E-state index in [2.05, 4.69) is 4.98 Å². The summed E-state index contributed by atoms with van der Waals surface area (Å²) in [5.41, 5.74) is 2.32. The first-order valence-corrected chi connectivity index (χ1v) is 12.5. The van der Waals surface area contributed by atoms with Crippen molar-refractivity contribution in [3.8, 4) is 34.4 Å². The van der Waals surface area contributed by atoms with Crippen molar-refractivity contribution in [3.63, 3.8) is 0 Å². The van der Waals surface area contributed by atoms with E-state index in [-0.39, 0.29) is 18.8 Å². The lowest BCUT2D eigenvalue weighted by Crippen LogP contribution is -2.11. The van der Waals surface area contributed by atoms with Gasteiger partial charge in [-0.25, -0.2) is 4.98 Å². The van der Waals surface area contributed by atoms with Gasteiger partial charge in [0.1, 0.15) is 30.2 Å². The van der Waals surface area contributed by atoms with E-state index in [0.29, 0.717) is 34.4 Å². The molecule has 2 aromatic heterocycles. The third-order valence-corrected chi connectivity index (χ3v) is 7.37. The van der Waals surface area contributed by atoms with Crippen molar-refractivity contribution in [3.05, 3.63) is 62.8 Å². The number of nitrogens with one attached hydrogen (secondary N) is 1. The molecule has 186 valence electrons. The molecule has 2 heterocycles. The SMILES string of the molecule is COc1cc(C=O)ccc1OCCOc1ccc(-c2nc3sc4c(c3c(=O)[nH]2)CCCC4)cc1OC. The molecular formula is C27H26N2O6S. The third kappa shape index (κ3) is 4.66. The zero-order valence-electron chi connectivity index (χ0n) is 20.1. The highest BCUT2D eigenvalue weighted by molar-refractivity contribution is 7.18. The molecule has 0 unspecified atom stereocenters. The summed E-state index contributed by atoms with van der Waals surface area (Å²) in [5.74, 6) is 2.57. The van der Waals surface area contributed by atoms with Gasteiger partial charge in [0.05, 0.1) is 19.6 Å². The first kappa shape index (κ1) is 23.9. The van der Waals surface area contributed by atoms with E-state index in [0.717, 1.165) is 47.7 Å². The molecule has 1 N–H and O–H groups in total. The van der Waals surface area contributed by atoms with Crippen LogP contribution in [0.5, 0.6) is 23.0 Å². The first-order valence-electron chi connectivity index (χ1n) is 11.7. The lowest BCUT2D eigenvalue weighted by atomic mass is 9.97. The normalized spacial score (nSPS) is 12.7. The molecule has 8 nitrogen and oxygen atoms in total. The number of hydrogen-bond acceptors (Lipinski definition) is 8. The van der Waals surface area contributed by atoms with Crippen LogP contribution in [0, 0.1) is 0 Å². The van der Waals surface area contributed by atoms with E-state index < -0.39 is 0 Å². The molecule has 1 aliphatic carbocycles. The van der Waals surface area contributed by atoms with E-state index in [1.165, 1.54) is 17.6 Å². The number of thiophene rings is 1. The van der Waals surface area contributed by atoms with Crippen molar-refractivity contribution in [2.45, 2.75) is 25.7 Å². The number of aromatic nitrogens is 2. The number of aldehydes is 1. The minimum absolute atomic E-state index is 0.0950. The maximum Gasteiger partial charge on any atom is 0.260 e. The molecule has 2 aromatic carbocycles. The highest BCUT2D eigenvalue weighted by Crippen LogP contribution is 2.36. The highest BCUT2D eigenvalue weighted by atomic mass is 32.1. The average molecular weight is 507 g/mol. The molecule has 5 rings (SSSR count). The van der Waals surface area contributed by atoms with Gasteiger partial charge in [-0.2, -0.15) is 0 Å². The number of carbonyl (C=O) groups excluding carboxylic acids is 1. The third-order valence-electron chi connectivity index (χ3n) is 6.18. The van der Waals surface area contributed by atoms with Crippen LogP contribution in [-0.2, 0) is 12.8 Å². The number of rotatable bonds is 9. The van der Waals surface area contributed by atoms with Crippen LogP contribution in [0.15, 0.2) is 41.2 Å². The maximum atomic E-state index is 12.9. The van der Waals surface area contributed by atoms with Gasteiger partial charge < -0.3 is 23.9 Å². The molecular weight excluding hydrogens is 480 g/mol. The van der Waals surface area contributed by atoms with E-state index in [9.17, 15) is 9.59 Å². The van der Waals surface area contributed by atoms with Crippen molar-refractivity contribution >= 4 is 27.8 Å². The number of hydrogen-bond donors (Lipinski definition) is 1. The van der Waals surface area contributed by atoms with Gasteiger partial charge in [0.25, 0.3) is 5.56 Å². The summed E-state index contributed by atoms with van der Waals surface area (Å²) < 4.78 is 22.4.